The zero-order valence-electron chi connectivity index (χ0n) is 26.9. The maximum atomic E-state index is 14.7. The van der Waals surface area contributed by atoms with Crippen LogP contribution in [0.1, 0.15) is 38.3 Å². The lowest BCUT2D eigenvalue weighted by Gasteiger charge is -2.35. The van der Waals surface area contributed by atoms with E-state index in [9.17, 15) is 18.0 Å². The minimum atomic E-state index is -4.36. The number of sulfonamides is 1. The van der Waals surface area contributed by atoms with Crippen LogP contribution < -0.4 is 14.4 Å². The number of halogens is 3. The molecule has 4 rings (SSSR count). The Kier molecular flexibility index (Phi) is 13.2. The molecule has 0 spiro atoms. The summed E-state index contributed by atoms with van der Waals surface area (Å²) in [5.41, 5.74) is 1.38. The third-order valence-corrected chi connectivity index (χ3v) is 10.5. The lowest BCUT2D eigenvalue weighted by Crippen LogP contribution is -2.54. The van der Waals surface area contributed by atoms with Crippen molar-refractivity contribution >= 4 is 62.3 Å². The molecule has 1 N–H and O–H groups in total. The zero-order chi connectivity index (χ0) is 34.8. The quantitative estimate of drug-likeness (QED) is 0.135. The number of amides is 2. The highest BCUT2D eigenvalue weighted by atomic mass is 35.5. The van der Waals surface area contributed by atoms with Gasteiger partial charge in [0.1, 0.15) is 18.3 Å². The average molecular weight is 731 g/mol. The Balaban J connectivity index is 1.88. The van der Waals surface area contributed by atoms with Crippen LogP contribution in [0.3, 0.4) is 0 Å². The summed E-state index contributed by atoms with van der Waals surface area (Å²) in [6.45, 7) is 5.02. The van der Waals surface area contributed by atoms with Crippen LogP contribution in [-0.4, -0.2) is 50.4 Å². The molecule has 2 amide bonds. The molecule has 8 nitrogen and oxygen atoms in total. The van der Waals surface area contributed by atoms with Gasteiger partial charge in [-0.05, 0) is 74.4 Å². The molecular weight excluding hydrogens is 693 g/mol. The van der Waals surface area contributed by atoms with E-state index < -0.39 is 34.4 Å². The molecular formula is C36H38Cl3N3O5S. The molecule has 0 aromatic heterocycles. The van der Waals surface area contributed by atoms with Gasteiger partial charge in [0.25, 0.3) is 10.0 Å². The van der Waals surface area contributed by atoms with E-state index in [1.54, 1.807) is 49.4 Å². The first-order valence-electron chi connectivity index (χ1n) is 15.5. The molecule has 0 aliphatic rings. The second-order valence-corrected chi connectivity index (χ2v) is 14.2. The number of para-hydroxylation sites is 2. The van der Waals surface area contributed by atoms with Crippen LogP contribution in [0.4, 0.5) is 5.69 Å². The Morgan fingerprint density at radius 1 is 0.833 bits per heavy atom. The second-order valence-electron chi connectivity index (χ2n) is 11.1. The fourth-order valence-corrected chi connectivity index (χ4v) is 7.10. The highest BCUT2D eigenvalue weighted by Gasteiger charge is 2.36. The van der Waals surface area contributed by atoms with E-state index in [1.165, 1.54) is 29.2 Å². The third-order valence-electron chi connectivity index (χ3n) is 7.78. The molecule has 12 heteroatoms. The minimum Gasteiger partial charge on any atom is -0.492 e. The lowest BCUT2D eigenvalue weighted by molar-refractivity contribution is -0.140. The van der Waals surface area contributed by atoms with E-state index in [2.05, 4.69) is 5.32 Å². The predicted octanol–water partition coefficient (Wildman–Crippen LogP) is 7.80. The van der Waals surface area contributed by atoms with Crippen molar-refractivity contribution in [2.75, 3.05) is 17.5 Å². The van der Waals surface area contributed by atoms with Crippen molar-refractivity contribution in [2.45, 2.75) is 57.1 Å². The number of ether oxygens (including phenoxy) is 1. The van der Waals surface area contributed by atoms with Crippen LogP contribution in [-0.2, 0) is 32.6 Å². The van der Waals surface area contributed by atoms with E-state index in [-0.39, 0.29) is 41.9 Å². The first-order valence-corrected chi connectivity index (χ1v) is 18.1. The summed E-state index contributed by atoms with van der Waals surface area (Å²) in [5, 5.41) is 3.96. The number of anilines is 1. The van der Waals surface area contributed by atoms with E-state index in [4.69, 9.17) is 39.5 Å². The normalized spacial score (nSPS) is 12.5. The van der Waals surface area contributed by atoms with Gasteiger partial charge in [-0.1, -0.05) is 90.3 Å². The molecule has 0 radical (unpaired) electrons. The Hall–Kier alpha value is -3.76. The predicted molar refractivity (Wildman–Crippen MR) is 192 cm³/mol. The van der Waals surface area contributed by atoms with E-state index in [1.807, 2.05) is 44.2 Å². The SMILES string of the molecule is CCOc1ccccc1N(CC(=O)N(Cc1c(Cl)cccc1Cl)[C@@H](Cc1ccccc1)C(=O)N[C@@H](C)CC)S(=O)(=O)c1ccc(Cl)cc1. The maximum absolute atomic E-state index is 14.7. The molecule has 254 valence electrons. The summed E-state index contributed by atoms with van der Waals surface area (Å²) in [6.07, 6.45) is 0.811. The number of carbonyl (C=O) groups is 2. The number of hydrogen-bond acceptors (Lipinski definition) is 5. The maximum Gasteiger partial charge on any atom is 0.264 e. The monoisotopic (exact) mass is 729 g/mol. The van der Waals surface area contributed by atoms with Crippen LogP contribution in [0.2, 0.25) is 15.1 Å². The molecule has 4 aromatic rings. The molecule has 2 atom stereocenters. The minimum absolute atomic E-state index is 0.0814. The van der Waals surface area contributed by atoms with Crippen molar-refractivity contribution in [3.8, 4) is 5.75 Å². The number of benzene rings is 4. The van der Waals surface area contributed by atoms with Crippen molar-refractivity contribution < 1.29 is 22.7 Å². The van der Waals surface area contributed by atoms with Crippen molar-refractivity contribution in [3.05, 3.63) is 123 Å². The van der Waals surface area contributed by atoms with Crippen molar-refractivity contribution in [2.24, 2.45) is 0 Å². The Labute approximate surface area is 297 Å². The number of rotatable bonds is 15. The summed E-state index contributed by atoms with van der Waals surface area (Å²) < 4.78 is 35.5. The van der Waals surface area contributed by atoms with Crippen LogP contribution in [0.5, 0.6) is 5.75 Å². The smallest absolute Gasteiger partial charge is 0.264 e. The topological polar surface area (TPSA) is 96.0 Å². The molecule has 0 heterocycles. The van der Waals surface area contributed by atoms with Gasteiger partial charge in [-0.2, -0.15) is 0 Å². The molecule has 0 fully saturated rings. The van der Waals surface area contributed by atoms with Crippen LogP contribution in [0, 0.1) is 0 Å². The Morgan fingerprint density at radius 2 is 1.46 bits per heavy atom. The van der Waals surface area contributed by atoms with Crippen LogP contribution in [0.25, 0.3) is 0 Å². The summed E-state index contributed by atoms with van der Waals surface area (Å²) in [6, 6.07) is 25.3. The molecule has 0 saturated carbocycles. The van der Waals surface area contributed by atoms with Gasteiger partial charge in [0.2, 0.25) is 11.8 Å². The Morgan fingerprint density at radius 3 is 2.08 bits per heavy atom. The standard InChI is InChI=1S/C36H38Cl3N3O5S/c1-4-25(3)40-36(44)33(22-26-12-7-6-8-13-26)41(23-29-30(38)14-11-15-31(29)39)35(43)24-42(32-16-9-10-17-34(32)47-5-2)48(45,46)28-20-18-27(37)19-21-28/h6-21,25,33H,4-5,22-24H2,1-3H3,(H,40,44)/t25-,33-/m0/s1. The van der Waals surface area contributed by atoms with Gasteiger partial charge in [0.05, 0.1) is 17.2 Å². The molecule has 0 unspecified atom stereocenters. The zero-order valence-corrected chi connectivity index (χ0v) is 30.0. The van der Waals surface area contributed by atoms with Gasteiger partial charge in [0, 0.05) is 39.6 Å². The van der Waals surface area contributed by atoms with E-state index >= 15 is 0 Å². The molecule has 0 aliphatic carbocycles. The van der Waals surface area contributed by atoms with Gasteiger partial charge in [-0.3, -0.25) is 13.9 Å². The molecule has 0 bridgehead atoms. The fourth-order valence-electron chi connectivity index (χ4n) is 5.04. The average Bonchev–Trinajstić information content (AvgIpc) is 3.07. The summed E-state index contributed by atoms with van der Waals surface area (Å²) in [4.78, 5) is 30.0. The Bertz CT molecular complexity index is 1790. The van der Waals surface area contributed by atoms with Gasteiger partial charge in [-0.15, -0.1) is 0 Å². The largest absolute Gasteiger partial charge is 0.492 e. The first-order chi connectivity index (χ1) is 23.0. The van der Waals surface area contributed by atoms with Gasteiger partial charge >= 0.3 is 0 Å². The molecule has 48 heavy (non-hydrogen) atoms. The summed E-state index contributed by atoms with van der Waals surface area (Å²) in [7, 11) is -4.36. The third kappa shape index (κ3) is 9.23. The summed E-state index contributed by atoms with van der Waals surface area (Å²) >= 11 is 19.3. The van der Waals surface area contributed by atoms with Crippen molar-refractivity contribution in [1.29, 1.82) is 0 Å². The van der Waals surface area contributed by atoms with Gasteiger partial charge < -0.3 is 15.0 Å². The number of nitrogens with one attached hydrogen (secondary N) is 1. The molecule has 0 aliphatic heterocycles. The first kappa shape index (κ1) is 37.1. The highest BCUT2D eigenvalue weighted by Crippen LogP contribution is 2.34. The highest BCUT2D eigenvalue weighted by molar-refractivity contribution is 7.92. The number of carbonyl (C=O) groups excluding carboxylic acids is 2. The van der Waals surface area contributed by atoms with Crippen molar-refractivity contribution in [1.82, 2.24) is 10.2 Å². The van der Waals surface area contributed by atoms with Gasteiger partial charge in [-0.25, -0.2) is 8.42 Å². The molecule has 4 aromatic carbocycles. The van der Waals surface area contributed by atoms with Crippen LogP contribution in [0.15, 0.2) is 102 Å². The summed E-state index contributed by atoms with van der Waals surface area (Å²) in [5.74, 6) is -0.789. The lowest BCUT2D eigenvalue weighted by atomic mass is 10.0. The van der Waals surface area contributed by atoms with Crippen LogP contribution >= 0.6 is 34.8 Å². The fraction of sp³-hybridized carbons (Fsp3) is 0.278. The van der Waals surface area contributed by atoms with E-state index in [0.717, 1.165) is 9.87 Å². The number of hydrogen-bond donors (Lipinski definition) is 1. The van der Waals surface area contributed by atoms with E-state index in [0.29, 0.717) is 27.1 Å². The van der Waals surface area contributed by atoms with Gasteiger partial charge in [0.15, 0.2) is 0 Å². The molecule has 0 saturated heterocycles. The number of nitrogens with zero attached hydrogens (tertiary/aromatic N) is 2. The van der Waals surface area contributed by atoms with Crippen molar-refractivity contribution in [3.63, 3.8) is 0 Å². The second kappa shape index (κ2) is 17.1.